The first-order valence-corrected chi connectivity index (χ1v) is 8.99. The average Bonchev–Trinajstić information content (AvgIpc) is 2.59. The fourth-order valence-corrected chi connectivity index (χ4v) is 4.13. The quantitative estimate of drug-likeness (QED) is 0.757. The molecule has 134 valence electrons. The largest absolute Gasteiger partial charge is 0.497 e. The third-order valence-electron chi connectivity index (χ3n) is 3.96. The second-order valence-corrected chi connectivity index (χ2v) is 7.31. The van der Waals surface area contributed by atoms with Crippen LogP contribution in [-0.2, 0) is 14.8 Å². The van der Waals surface area contributed by atoms with E-state index in [9.17, 15) is 13.2 Å². The molecule has 0 aliphatic carbocycles. The van der Waals surface area contributed by atoms with Crippen molar-refractivity contribution < 1.29 is 27.8 Å². The van der Waals surface area contributed by atoms with Crippen molar-refractivity contribution in [2.75, 3.05) is 46.9 Å². The fourth-order valence-electron chi connectivity index (χ4n) is 2.57. The lowest BCUT2D eigenvalue weighted by atomic mass is 10.3. The van der Waals surface area contributed by atoms with Crippen molar-refractivity contribution in [1.82, 2.24) is 9.21 Å². The maximum atomic E-state index is 12.8. The van der Waals surface area contributed by atoms with Crippen LogP contribution in [0.15, 0.2) is 23.1 Å². The summed E-state index contributed by atoms with van der Waals surface area (Å²) in [7, 11) is -0.761. The number of benzene rings is 1. The number of piperazine rings is 1. The fraction of sp³-hybridized carbons (Fsp3) is 0.533. The molecule has 0 spiro atoms. The number of sulfonamides is 1. The second kappa shape index (κ2) is 7.82. The van der Waals surface area contributed by atoms with Crippen LogP contribution in [0.25, 0.3) is 0 Å². The Hall–Kier alpha value is -1.84. The van der Waals surface area contributed by atoms with Crippen LogP contribution in [-0.4, -0.2) is 75.6 Å². The molecule has 24 heavy (non-hydrogen) atoms. The molecule has 0 amide bonds. The SMILES string of the molecule is COc1ccc(S(=O)(=O)N2CCN(CCC(=O)O)CC2)c(OC)c1. The van der Waals surface area contributed by atoms with Crippen LogP contribution in [0.1, 0.15) is 6.42 Å². The van der Waals surface area contributed by atoms with Gasteiger partial charge in [0.25, 0.3) is 0 Å². The zero-order valence-electron chi connectivity index (χ0n) is 13.8. The molecule has 0 bridgehead atoms. The van der Waals surface area contributed by atoms with Gasteiger partial charge in [0.15, 0.2) is 0 Å². The predicted octanol–water partition coefficient (Wildman–Crippen LogP) is 0.485. The molecule has 1 N–H and O–H groups in total. The summed E-state index contributed by atoms with van der Waals surface area (Å²) >= 11 is 0. The Bertz CT molecular complexity index is 683. The minimum atomic E-state index is -3.67. The predicted molar refractivity (Wildman–Crippen MR) is 87.0 cm³/mol. The number of nitrogens with zero attached hydrogens (tertiary/aromatic N) is 2. The van der Waals surface area contributed by atoms with E-state index >= 15 is 0 Å². The lowest BCUT2D eigenvalue weighted by molar-refractivity contribution is -0.137. The van der Waals surface area contributed by atoms with E-state index in [-0.39, 0.29) is 17.1 Å². The average molecular weight is 358 g/mol. The number of hydrogen-bond donors (Lipinski definition) is 1. The Morgan fingerprint density at radius 3 is 2.38 bits per heavy atom. The molecule has 0 unspecified atom stereocenters. The Morgan fingerprint density at radius 2 is 1.83 bits per heavy atom. The summed E-state index contributed by atoms with van der Waals surface area (Å²) in [6.07, 6.45) is 0.0546. The lowest BCUT2D eigenvalue weighted by Crippen LogP contribution is -2.49. The van der Waals surface area contributed by atoms with E-state index in [1.807, 2.05) is 4.90 Å². The van der Waals surface area contributed by atoms with Gasteiger partial charge in [0.2, 0.25) is 10.0 Å². The highest BCUT2D eigenvalue weighted by Crippen LogP contribution is 2.31. The third-order valence-corrected chi connectivity index (χ3v) is 5.90. The molecule has 9 heteroatoms. The number of ether oxygens (including phenoxy) is 2. The smallest absolute Gasteiger partial charge is 0.304 e. The van der Waals surface area contributed by atoms with E-state index in [1.54, 1.807) is 6.07 Å². The lowest BCUT2D eigenvalue weighted by Gasteiger charge is -2.33. The standard InChI is InChI=1S/C15H22N2O6S/c1-22-12-3-4-14(13(11-12)23-2)24(20,21)17-9-7-16(8-10-17)6-5-15(18)19/h3-4,11H,5-10H2,1-2H3,(H,18,19). The number of carboxylic acid groups (broad SMARTS) is 1. The van der Waals surface area contributed by atoms with Crippen molar-refractivity contribution in [1.29, 1.82) is 0 Å². The molecule has 8 nitrogen and oxygen atoms in total. The van der Waals surface area contributed by atoms with Gasteiger partial charge in [-0.1, -0.05) is 0 Å². The summed E-state index contributed by atoms with van der Waals surface area (Å²) in [5.41, 5.74) is 0. The maximum Gasteiger partial charge on any atom is 0.304 e. The van der Waals surface area contributed by atoms with Gasteiger partial charge in [-0.3, -0.25) is 4.79 Å². The van der Waals surface area contributed by atoms with Crippen LogP contribution in [0, 0.1) is 0 Å². The molecular formula is C15H22N2O6S. The number of rotatable bonds is 7. The van der Waals surface area contributed by atoms with Crippen LogP contribution >= 0.6 is 0 Å². The van der Waals surface area contributed by atoms with Crippen LogP contribution in [0.5, 0.6) is 11.5 Å². The van der Waals surface area contributed by atoms with E-state index in [2.05, 4.69) is 0 Å². The summed E-state index contributed by atoms with van der Waals surface area (Å²) < 4.78 is 37.3. The van der Waals surface area contributed by atoms with Gasteiger partial charge in [0.1, 0.15) is 16.4 Å². The van der Waals surface area contributed by atoms with E-state index < -0.39 is 16.0 Å². The second-order valence-electron chi connectivity index (χ2n) is 5.41. The van der Waals surface area contributed by atoms with Gasteiger partial charge in [-0.25, -0.2) is 8.42 Å². The van der Waals surface area contributed by atoms with Crippen LogP contribution < -0.4 is 9.47 Å². The van der Waals surface area contributed by atoms with Crippen molar-refractivity contribution >= 4 is 16.0 Å². The van der Waals surface area contributed by atoms with Gasteiger partial charge in [0, 0.05) is 38.8 Å². The summed E-state index contributed by atoms with van der Waals surface area (Å²) in [5, 5.41) is 8.72. The zero-order chi connectivity index (χ0) is 17.7. The van der Waals surface area contributed by atoms with E-state index in [4.69, 9.17) is 14.6 Å². The molecule has 1 aromatic rings. The van der Waals surface area contributed by atoms with Crippen molar-refractivity contribution in [2.45, 2.75) is 11.3 Å². The highest BCUT2D eigenvalue weighted by atomic mass is 32.2. The van der Waals surface area contributed by atoms with E-state index in [0.29, 0.717) is 38.5 Å². The number of carbonyl (C=O) groups is 1. The molecule has 0 atom stereocenters. The highest BCUT2D eigenvalue weighted by Gasteiger charge is 2.31. The van der Waals surface area contributed by atoms with Crippen molar-refractivity contribution in [3.05, 3.63) is 18.2 Å². The molecule has 0 radical (unpaired) electrons. The van der Waals surface area contributed by atoms with Crippen LogP contribution in [0.2, 0.25) is 0 Å². The van der Waals surface area contributed by atoms with Gasteiger partial charge in [-0.15, -0.1) is 0 Å². The summed E-state index contributed by atoms with van der Waals surface area (Å²) in [6, 6.07) is 4.60. The Labute approximate surface area is 141 Å². The van der Waals surface area contributed by atoms with Gasteiger partial charge >= 0.3 is 5.97 Å². The number of aliphatic carboxylic acids is 1. The monoisotopic (exact) mass is 358 g/mol. The number of hydrogen-bond acceptors (Lipinski definition) is 6. The molecule has 1 heterocycles. The molecule has 1 fully saturated rings. The first-order valence-electron chi connectivity index (χ1n) is 7.55. The molecule has 1 aromatic carbocycles. The van der Waals surface area contributed by atoms with Crippen LogP contribution in [0.4, 0.5) is 0 Å². The van der Waals surface area contributed by atoms with Crippen molar-refractivity contribution in [3.8, 4) is 11.5 Å². The number of methoxy groups -OCH3 is 2. The summed E-state index contributed by atoms with van der Waals surface area (Å²) in [4.78, 5) is 12.7. The summed E-state index contributed by atoms with van der Waals surface area (Å²) in [6.45, 7) is 2.07. The van der Waals surface area contributed by atoms with Gasteiger partial charge in [0.05, 0.1) is 20.6 Å². The summed E-state index contributed by atoms with van der Waals surface area (Å²) in [5.74, 6) is -0.0973. The van der Waals surface area contributed by atoms with Gasteiger partial charge < -0.3 is 19.5 Å². The zero-order valence-corrected chi connectivity index (χ0v) is 14.6. The van der Waals surface area contributed by atoms with E-state index in [0.717, 1.165) is 0 Å². The Balaban J connectivity index is 2.10. The van der Waals surface area contributed by atoms with Gasteiger partial charge in [-0.05, 0) is 12.1 Å². The normalized spacial score (nSPS) is 16.8. The molecule has 2 rings (SSSR count). The molecule has 0 aromatic heterocycles. The molecule has 1 saturated heterocycles. The van der Waals surface area contributed by atoms with Crippen LogP contribution in [0.3, 0.4) is 0 Å². The van der Waals surface area contributed by atoms with Crippen molar-refractivity contribution in [2.24, 2.45) is 0 Å². The first kappa shape index (κ1) is 18.5. The minimum Gasteiger partial charge on any atom is -0.497 e. The molecular weight excluding hydrogens is 336 g/mol. The maximum absolute atomic E-state index is 12.8. The first-order chi connectivity index (χ1) is 11.4. The Kier molecular flexibility index (Phi) is 6.03. The molecule has 1 aliphatic rings. The Morgan fingerprint density at radius 1 is 1.17 bits per heavy atom. The van der Waals surface area contributed by atoms with Gasteiger partial charge in [-0.2, -0.15) is 4.31 Å². The van der Waals surface area contributed by atoms with Crippen molar-refractivity contribution in [3.63, 3.8) is 0 Å². The van der Waals surface area contributed by atoms with E-state index in [1.165, 1.54) is 30.7 Å². The highest BCUT2D eigenvalue weighted by molar-refractivity contribution is 7.89. The number of carboxylic acids is 1. The molecule has 1 aliphatic heterocycles. The third kappa shape index (κ3) is 4.16. The minimum absolute atomic E-state index is 0.0546. The molecule has 0 saturated carbocycles. The topological polar surface area (TPSA) is 96.4 Å².